The molecule has 1 aromatic heterocycles. The molecule has 0 saturated heterocycles. The van der Waals surface area contributed by atoms with Gasteiger partial charge in [-0.05, 0) is 35.0 Å². The van der Waals surface area contributed by atoms with Gasteiger partial charge in [-0.25, -0.2) is 9.37 Å². The van der Waals surface area contributed by atoms with Crippen molar-refractivity contribution in [1.29, 1.82) is 0 Å². The summed E-state index contributed by atoms with van der Waals surface area (Å²) in [7, 11) is 0. The summed E-state index contributed by atoms with van der Waals surface area (Å²) in [6.45, 7) is 3.75. The highest BCUT2D eigenvalue weighted by Crippen LogP contribution is 2.21. The maximum Gasteiger partial charge on any atom is 0.139 e. The molecule has 5 heteroatoms. The number of H-pyrrole nitrogens is 1. The molecule has 0 aliphatic heterocycles. The fourth-order valence-corrected chi connectivity index (χ4v) is 1.86. The molecule has 1 heterocycles. The molecule has 86 valence electrons. The third kappa shape index (κ3) is 2.41. The summed E-state index contributed by atoms with van der Waals surface area (Å²) < 4.78 is 13.7. The van der Waals surface area contributed by atoms with E-state index in [0.717, 1.165) is 29.8 Å². The van der Waals surface area contributed by atoms with Crippen LogP contribution >= 0.6 is 15.9 Å². The van der Waals surface area contributed by atoms with Gasteiger partial charge in [0.15, 0.2) is 0 Å². The lowest BCUT2D eigenvalue weighted by molar-refractivity contribution is 0.623. The van der Waals surface area contributed by atoms with E-state index in [2.05, 4.69) is 38.1 Å². The fraction of sp³-hybridized carbons (Fsp3) is 0.364. The summed E-state index contributed by atoms with van der Waals surface area (Å²) in [5.41, 5.74) is 1.51. The maximum absolute atomic E-state index is 13.3. The molecule has 0 radical (unpaired) electrons. The van der Waals surface area contributed by atoms with E-state index in [4.69, 9.17) is 0 Å². The van der Waals surface area contributed by atoms with E-state index in [0.29, 0.717) is 11.0 Å². The number of nitrogens with zero attached hydrogens (tertiary/aromatic N) is 1. The van der Waals surface area contributed by atoms with Crippen molar-refractivity contribution < 1.29 is 4.39 Å². The predicted octanol–water partition coefficient (Wildman–Crippen LogP) is 2.96. The van der Waals surface area contributed by atoms with Gasteiger partial charge < -0.3 is 10.3 Å². The number of imidazole rings is 1. The number of aromatic amines is 1. The van der Waals surface area contributed by atoms with Crippen molar-refractivity contribution in [3.63, 3.8) is 0 Å². The van der Waals surface area contributed by atoms with Gasteiger partial charge >= 0.3 is 0 Å². The Morgan fingerprint density at radius 1 is 1.50 bits per heavy atom. The van der Waals surface area contributed by atoms with Crippen LogP contribution in [0.2, 0.25) is 0 Å². The second-order valence-electron chi connectivity index (χ2n) is 3.64. The first kappa shape index (κ1) is 11.5. The van der Waals surface area contributed by atoms with Crippen LogP contribution in [0.25, 0.3) is 11.0 Å². The minimum atomic E-state index is -0.274. The zero-order valence-corrected chi connectivity index (χ0v) is 10.6. The van der Waals surface area contributed by atoms with Gasteiger partial charge in [-0.15, -0.1) is 0 Å². The second-order valence-corrected chi connectivity index (χ2v) is 4.50. The van der Waals surface area contributed by atoms with E-state index < -0.39 is 0 Å². The number of aromatic nitrogens is 2. The number of nitrogens with one attached hydrogen (secondary N) is 2. The van der Waals surface area contributed by atoms with E-state index in [9.17, 15) is 4.39 Å². The normalized spacial score (nSPS) is 11.2. The van der Waals surface area contributed by atoms with E-state index >= 15 is 0 Å². The number of hydrogen-bond donors (Lipinski definition) is 2. The fourth-order valence-electron chi connectivity index (χ4n) is 1.53. The van der Waals surface area contributed by atoms with E-state index in [1.54, 1.807) is 6.07 Å². The highest BCUT2D eigenvalue weighted by Gasteiger charge is 2.06. The van der Waals surface area contributed by atoms with E-state index in [1.807, 2.05) is 0 Å². The first-order valence-corrected chi connectivity index (χ1v) is 6.04. The molecule has 0 aliphatic carbocycles. The Hall–Kier alpha value is -0.940. The molecule has 0 amide bonds. The molecule has 16 heavy (non-hydrogen) atoms. The molecule has 1 aromatic carbocycles. The van der Waals surface area contributed by atoms with Crippen LogP contribution in [0.5, 0.6) is 0 Å². The topological polar surface area (TPSA) is 40.7 Å². The SMILES string of the molecule is CCCNCc1nc2cc(Br)c(F)cc2[nH]1. The zero-order chi connectivity index (χ0) is 11.5. The van der Waals surface area contributed by atoms with Crippen LogP contribution in [0.3, 0.4) is 0 Å². The molecule has 0 unspecified atom stereocenters. The van der Waals surface area contributed by atoms with Gasteiger partial charge in [0.1, 0.15) is 11.6 Å². The van der Waals surface area contributed by atoms with Crippen molar-refractivity contribution in [2.24, 2.45) is 0 Å². The number of rotatable bonds is 4. The molecule has 0 bridgehead atoms. The van der Waals surface area contributed by atoms with Gasteiger partial charge in [0, 0.05) is 6.07 Å². The molecule has 0 saturated carbocycles. The Labute approximate surface area is 102 Å². The summed E-state index contributed by atoms with van der Waals surface area (Å²) >= 11 is 3.14. The Morgan fingerprint density at radius 2 is 2.31 bits per heavy atom. The van der Waals surface area contributed by atoms with Gasteiger partial charge in [-0.2, -0.15) is 0 Å². The zero-order valence-electron chi connectivity index (χ0n) is 8.98. The maximum atomic E-state index is 13.3. The first-order chi connectivity index (χ1) is 7.70. The lowest BCUT2D eigenvalue weighted by atomic mass is 10.3. The molecular weight excluding hydrogens is 273 g/mol. The van der Waals surface area contributed by atoms with Crippen LogP contribution in [-0.4, -0.2) is 16.5 Å². The Morgan fingerprint density at radius 3 is 3.06 bits per heavy atom. The van der Waals surface area contributed by atoms with Crippen LogP contribution in [0.4, 0.5) is 4.39 Å². The molecule has 2 rings (SSSR count). The molecule has 3 nitrogen and oxygen atoms in total. The van der Waals surface area contributed by atoms with Gasteiger partial charge in [0.2, 0.25) is 0 Å². The van der Waals surface area contributed by atoms with Crippen LogP contribution in [0, 0.1) is 5.82 Å². The van der Waals surface area contributed by atoms with Gasteiger partial charge in [0.25, 0.3) is 0 Å². The molecule has 2 N–H and O–H groups in total. The van der Waals surface area contributed by atoms with Crippen LogP contribution in [0.15, 0.2) is 16.6 Å². The van der Waals surface area contributed by atoms with Gasteiger partial charge in [-0.3, -0.25) is 0 Å². The Balaban J connectivity index is 2.23. The van der Waals surface area contributed by atoms with Crippen LogP contribution in [0.1, 0.15) is 19.2 Å². The van der Waals surface area contributed by atoms with Crippen molar-refractivity contribution in [1.82, 2.24) is 15.3 Å². The lowest BCUT2D eigenvalue weighted by Gasteiger charge is -1.97. The predicted molar refractivity (Wildman–Crippen MR) is 65.7 cm³/mol. The van der Waals surface area contributed by atoms with Crippen molar-refractivity contribution in [2.45, 2.75) is 19.9 Å². The summed E-state index contributed by atoms with van der Waals surface area (Å²) in [6, 6.07) is 3.14. The summed E-state index contributed by atoms with van der Waals surface area (Å²) in [5, 5.41) is 3.24. The molecular formula is C11H13BrFN3. The van der Waals surface area contributed by atoms with Crippen LogP contribution < -0.4 is 5.32 Å². The average molecular weight is 286 g/mol. The smallest absolute Gasteiger partial charge is 0.139 e. The third-order valence-corrected chi connectivity index (χ3v) is 2.90. The minimum Gasteiger partial charge on any atom is -0.341 e. The van der Waals surface area contributed by atoms with Gasteiger partial charge in [0.05, 0.1) is 22.1 Å². The molecule has 0 atom stereocenters. The first-order valence-electron chi connectivity index (χ1n) is 5.25. The molecule has 0 spiro atoms. The third-order valence-electron chi connectivity index (χ3n) is 2.29. The Bertz CT molecular complexity index is 456. The van der Waals surface area contributed by atoms with Crippen molar-refractivity contribution >= 4 is 27.0 Å². The standard InChI is InChI=1S/C11H13BrFN3/c1-2-3-14-6-11-15-9-4-7(12)8(13)5-10(9)16-11/h4-5,14H,2-3,6H2,1H3,(H,15,16). The summed E-state index contributed by atoms with van der Waals surface area (Å²) in [6.07, 6.45) is 1.08. The highest BCUT2D eigenvalue weighted by atomic mass is 79.9. The molecule has 0 fully saturated rings. The monoisotopic (exact) mass is 285 g/mol. The summed E-state index contributed by atoms with van der Waals surface area (Å²) in [4.78, 5) is 7.46. The lowest BCUT2D eigenvalue weighted by Crippen LogP contribution is -2.14. The quantitative estimate of drug-likeness (QED) is 0.848. The van der Waals surface area contributed by atoms with E-state index in [1.165, 1.54) is 6.07 Å². The van der Waals surface area contributed by atoms with Gasteiger partial charge in [-0.1, -0.05) is 6.92 Å². The Kier molecular flexibility index (Phi) is 3.56. The van der Waals surface area contributed by atoms with Crippen molar-refractivity contribution in [3.8, 4) is 0 Å². The minimum absolute atomic E-state index is 0.274. The summed E-state index contributed by atoms with van der Waals surface area (Å²) in [5.74, 6) is 0.560. The van der Waals surface area contributed by atoms with Crippen molar-refractivity contribution in [3.05, 3.63) is 28.2 Å². The van der Waals surface area contributed by atoms with Crippen LogP contribution in [-0.2, 0) is 6.54 Å². The number of benzene rings is 1. The number of fused-ring (bicyclic) bond motifs is 1. The molecule has 2 aromatic rings. The molecule has 0 aliphatic rings. The number of hydrogen-bond acceptors (Lipinski definition) is 2. The van der Waals surface area contributed by atoms with E-state index in [-0.39, 0.29) is 5.82 Å². The largest absolute Gasteiger partial charge is 0.341 e. The highest BCUT2D eigenvalue weighted by molar-refractivity contribution is 9.10. The average Bonchev–Trinajstić information content (AvgIpc) is 2.61. The second kappa shape index (κ2) is 4.93. The van der Waals surface area contributed by atoms with Crippen molar-refractivity contribution in [2.75, 3.05) is 6.54 Å². The number of halogens is 2.